The Morgan fingerprint density at radius 2 is 1.29 bits per heavy atom. The van der Waals surface area contributed by atoms with Crippen LogP contribution < -0.4 is 24.8 Å². The van der Waals surface area contributed by atoms with E-state index in [1.54, 1.807) is 65.8 Å². The zero-order chi connectivity index (χ0) is 64.4. The number of allylic oxidation sites excluding steroid dienone is 5. The van der Waals surface area contributed by atoms with Gasteiger partial charge in [-0.15, -0.1) is 0 Å². The summed E-state index contributed by atoms with van der Waals surface area (Å²) in [6.07, 6.45) is 14.1. The maximum absolute atomic E-state index is 13.9. The molecular weight excluding hydrogens is 1160 g/mol. The molecule has 0 fully saturated rings. The smallest absolute Gasteiger partial charge is 0.342 e. The molecule has 0 spiro atoms. The van der Waals surface area contributed by atoms with E-state index in [1.165, 1.54) is 5.56 Å². The molecule has 87 heavy (non-hydrogen) atoms. The van der Waals surface area contributed by atoms with Gasteiger partial charge >= 0.3 is 38.9 Å². The van der Waals surface area contributed by atoms with E-state index in [-0.39, 0.29) is 48.4 Å². The van der Waals surface area contributed by atoms with Gasteiger partial charge in [-0.05, 0) is 167 Å². The minimum absolute atomic E-state index is 0.0116. The number of aromatic hydroxyl groups is 1. The Bertz CT molecular complexity index is 3130. The molecule has 2 unspecified atom stereocenters. The molecule has 3 aromatic rings. The lowest BCUT2D eigenvalue weighted by molar-refractivity contribution is -0.149. The molecule has 0 aromatic heterocycles. The number of benzene rings is 3. The van der Waals surface area contributed by atoms with Crippen LogP contribution in [-0.4, -0.2) is 118 Å². The maximum atomic E-state index is 13.9. The van der Waals surface area contributed by atoms with Gasteiger partial charge in [-0.25, -0.2) is 19.8 Å². The molecule has 0 saturated heterocycles. The Morgan fingerprint density at radius 3 is 1.84 bits per heavy atom. The van der Waals surface area contributed by atoms with Crippen LogP contribution in [0, 0.1) is 13.8 Å². The van der Waals surface area contributed by atoms with Crippen molar-refractivity contribution in [3.8, 4) is 17.2 Å². The molecule has 2 aliphatic heterocycles. The first-order valence-electron chi connectivity index (χ1n) is 30.6. The SMILES string of the molecule is CCc1c(C)c2c(c(O)c1C/C=C(\C)CN(C)CCP(=O)(N[C@@H](C)C(=O)OC(C)C)Oc1ccccc1)C(=O)OC2.CCc1c(C)c2c(c(OCC[Si](C)(C)C)c1C/C=C(\C)CNCCP(=O)(N[C@@H](C)C(=O)OC(C)C)OC1=CCCC=C1)C(=O)OC2. The predicted molar refractivity (Wildman–Crippen MR) is 347 cm³/mol. The minimum atomic E-state index is -3.48. The maximum Gasteiger partial charge on any atom is 0.342 e. The average Bonchev–Trinajstić information content (AvgIpc) is 1.94. The molecule has 2 heterocycles. The Hall–Kier alpha value is -5.78. The van der Waals surface area contributed by atoms with Gasteiger partial charge < -0.3 is 48.1 Å². The summed E-state index contributed by atoms with van der Waals surface area (Å²) in [4.78, 5) is 51.9. The van der Waals surface area contributed by atoms with Crippen LogP contribution in [0.3, 0.4) is 0 Å². The van der Waals surface area contributed by atoms with Crippen molar-refractivity contribution in [1.29, 1.82) is 0 Å². The fraction of sp³-hybridized carbons (Fsp3) is 0.545. The molecule has 0 bridgehead atoms. The average molecular weight is 1260 g/mol. The third-order valence-corrected chi connectivity index (χ3v) is 20.9. The Balaban J connectivity index is 0.000000319. The van der Waals surface area contributed by atoms with Crippen molar-refractivity contribution in [3.05, 3.63) is 133 Å². The number of rotatable bonds is 32. The quantitative estimate of drug-likeness (QED) is 0.0114. The van der Waals surface area contributed by atoms with Gasteiger partial charge in [0.05, 0.1) is 31.1 Å². The molecule has 4 atom stereocenters. The van der Waals surface area contributed by atoms with Crippen molar-refractivity contribution in [2.75, 3.05) is 52.2 Å². The van der Waals surface area contributed by atoms with Crippen LogP contribution in [0.25, 0.3) is 0 Å². The van der Waals surface area contributed by atoms with Crippen LogP contribution in [0.1, 0.15) is 147 Å². The Morgan fingerprint density at radius 1 is 0.747 bits per heavy atom. The van der Waals surface area contributed by atoms with Gasteiger partial charge in [-0.2, -0.15) is 0 Å². The number of carbonyl (C=O) groups excluding carboxylic acids is 4. The summed E-state index contributed by atoms with van der Waals surface area (Å²) in [6, 6.07) is 8.28. The van der Waals surface area contributed by atoms with Crippen molar-refractivity contribution in [2.45, 2.75) is 185 Å². The van der Waals surface area contributed by atoms with Crippen molar-refractivity contribution in [3.63, 3.8) is 0 Å². The minimum Gasteiger partial charge on any atom is -0.507 e. The Kier molecular flexibility index (Phi) is 27.4. The van der Waals surface area contributed by atoms with E-state index in [9.17, 15) is 33.4 Å². The van der Waals surface area contributed by atoms with Gasteiger partial charge in [0.1, 0.15) is 59.4 Å². The molecule has 18 nitrogen and oxygen atoms in total. The lowest BCUT2D eigenvalue weighted by Crippen LogP contribution is -2.37. The number of para-hydroxylation sites is 1. The standard InChI is InChI=1S/C35H55N2O7PSi.C31H43N2O7P/c1-10-29-26(5)31-23-42-35(39)32(31)33(41-19-21-46(7,8)9)30(29)17-16-25(4)22-36-18-20-45(40,44-28-14-12-11-13-15-28)37-27(6)34(38)43-24(2)3;1-8-25-22(5)27-19-38-31(36)28(27)29(34)26(25)15-14-21(4)18-33(7)16-17-41(37,40-24-12-10-9-11-13-24)32-23(6)30(35)39-20(2)3/h12,14-16,24,27,36H,10-11,13,17-23H2,1-9H3,(H,37,40);9-14,20,23,34H,8,15-19H2,1-7H3,(H,32,37)/b25-16+;21-14+/t27-,45?;23-,41?/m00/s1. The third-order valence-electron chi connectivity index (χ3n) is 15.1. The fourth-order valence-electron chi connectivity index (χ4n) is 10.4. The van der Waals surface area contributed by atoms with Crippen molar-refractivity contribution in [1.82, 2.24) is 20.4 Å². The fourth-order valence-corrected chi connectivity index (χ4v) is 15.1. The summed E-state index contributed by atoms with van der Waals surface area (Å²) in [6.45, 7) is 32.6. The molecule has 3 aromatic carbocycles. The van der Waals surface area contributed by atoms with Gasteiger partial charge in [-0.3, -0.25) is 18.7 Å². The second-order valence-corrected chi connectivity index (χ2v) is 34.6. The Labute approximate surface area is 518 Å². The zero-order valence-corrected chi connectivity index (χ0v) is 57.3. The molecule has 3 aliphatic rings. The van der Waals surface area contributed by atoms with Crippen molar-refractivity contribution < 1.29 is 66.1 Å². The first kappa shape index (κ1) is 72.0. The largest absolute Gasteiger partial charge is 0.507 e. The molecule has 0 radical (unpaired) electrons. The number of nitrogens with one attached hydrogen (secondary N) is 3. The second-order valence-electron chi connectivity index (χ2n) is 24.5. The third kappa shape index (κ3) is 21.5. The van der Waals surface area contributed by atoms with Crippen LogP contribution in [0.4, 0.5) is 0 Å². The van der Waals surface area contributed by atoms with E-state index in [1.807, 2.05) is 63.1 Å². The second kappa shape index (κ2) is 33.2. The molecular formula is C66H98N4O14P2Si. The number of ether oxygens (including phenoxy) is 5. The summed E-state index contributed by atoms with van der Waals surface area (Å²) in [7, 11) is -6.32. The molecule has 6 rings (SSSR count). The monoisotopic (exact) mass is 1260 g/mol. The highest BCUT2D eigenvalue weighted by molar-refractivity contribution is 7.57. The summed E-state index contributed by atoms with van der Waals surface area (Å²) < 4.78 is 67.3. The highest BCUT2D eigenvalue weighted by Gasteiger charge is 2.35. The number of phenolic OH excluding ortho intramolecular Hbond substituents is 1. The summed E-state index contributed by atoms with van der Waals surface area (Å²) >= 11 is 0. The number of nitrogens with zero attached hydrogens (tertiary/aromatic N) is 1. The molecule has 0 saturated carbocycles. The number of hydrogen-bond donors (Lipinski definition) is 4. The topological polar surface area (TPSA) is 227 Å². The molecule has 0 amide bonds. The lowest BCUT2D eigenvalue weighted by Gasteiger charge is -2.26. The first-order valence-corrected chi connectivity index (χ1v) is 38.0. The van der Waals surface area contributed by atoms with Crippen LogP contribution in [-0.2, 0) is 81.1 Å². The number of cyclic esters (lactones) is 2. The summed E-state index contributed by atoms with van der Waals surface area (Å²) in [5.74, 6) is -0.0606. The van der Waals surface area contributed by atoms with Crippen LogP contribution in [0.5, 0.6) is 17.2 Å². The number of hydrogen-bond acceptors (Lipinski definition) is 16. The normalized spacial score (nSPS) is 16.2. The van der Waals surface area contributed by atoms with Crippen LogP contribution >= 0.6 is 15.0 Å². The molecule has 1 aliphatic carbocycles. The van der Waals surface area contributed by atoms with E-state index in [0.717, 1.165) is 81.8 Å². The van der Waals surface area contributed by atoms with Crippen LogP contribution in [0.2, 0.25) is 25.7 Å². The van der Waals surface area contributed by atoms with Crippen LogP contribution in [0.15, 0.2) is 77.6 Å². The van der Waals surface area contributed by atoms with Crippen molar-refractivity contribution in [2.24, 2.45) is 0 Å². The number of likely N-dealkylation sites (N-methyl/N-ethyl adjacent to an activating group) is 1. The first-order chi connectivity index (χ1) is 41.0. The number of esters is 4. The molecule has 21 heteroatoms. The van der Waals surface area contributed by atoms with E-state index in [2.05, 4.69) is 62.0 Å². The van der Waals surface area contributed by atoms with Gasteiger partial charge in [0.2, 0.25) is 0 Å². The number of carbonyl (C=O) groups is 4. The van der Waals surface area contributed by atoms with E-state index >= 15 is 0 Å². The molecule has 480 valence electrons. The predicted octanol–water partition coefficient (Wildman–Crippen LogP) is 13.0. The van der Waals surface area contributed by atoms with Gasteiger partial charge in [-0.1, -0.05) is 81.1 Å². The van der Waals surface area contributed by atoms with Gasteiger partial charge in [0, 0.05) is 56.5 Å². The van der Waals surface area contributed by atoms with E-state index in [0.29, 0.717) is 75.1 Å². The zero-order valence-electron chi connectivity index (χ0n) is 54.5. The van der Waals surface area contributed by atoms with Gasteiger partial charge in [0.15, 0.2) is 0 Å². The van der Waals surface area contributed by atoms with Crippen molar-refractivity contribution >= 4 is 47.0 Å². The lowest BCUT2D eigenvalue weighted by atomic mass is 9.89. The van der Waals surface area contributed by atoms with E-state index < -0.39 is 53.1 Å². The summed E-state index contributed by atoms with van der Waals surface area (Å²) in [5, 5.41) is 20.2. The highest BCUT2D eigenvalue weighted by Crippen LogP contribution is 2.47. The summed E-state index contributed by atoms with van der Waals surface area (Å²) in [5.41, 5.74) is 10.9. The highest BCUT2D eigenvalue weighted by atomic mass is 31.2. The number of fused-ring (bicyclic) bond motifs is 2. The number of phenols is 1. The van der Waals surface area contributed by atoms with Gasteiger partial charge in [0.25, 0.3) is 0 Å². The van der Waals surface area contributed by atoms with E-state index in [4.69, 9.17) is 32.7 Å². The molecule has 4 N–H and O–H groups in total.